The van der Waals surface area contributed by atoms with Gasteiger partial charge in [-0.1, -0.05) is 37.3 Å². The smallest absolute Gasteiger partial charge is 0.317 e. The maximum absolute atomic E-state index is 12.5. The van der Waals surface area contributed by atoms with Gasteiger partial charge in [-0.25, -0.2) is 4.79 Å². The van der Waals surface area contributed by atoms with Gasteiger partial charge in [0.25, 0.3) is 0 Å². The monoisotopic (exact) mass is 348 g/mol. The van der Waals surface area contributed by atoms with Crippen molar-refractivity contribution in [3.05, 3.63) is 35.9 Å². The largest absolute Gasteiger partial charge is 0.481 e. The molecule has 6 heteroatoms. The predicted octanol–water partition coefficient (Wildman–Crippen LogP) is 2.47. The molecule has 0 bridgehead atoms. The van der Waals surface area contributed by atoms with Gasteiger partial charge in [-0.3, -0.25) is 4.79 Å². The Kier molecular flexibility index (Phi) is 6.82. The second-order valence-electron chi connectivity index (χ2n) is 7.06. The molecule has 0 unspecified atom stereocenters. The minimum Gasteiger partial charge on any atom is -0.481 e. The molecule has 138 valence electrons. The number of aliphatic hydroxyl groups is 1. The second kappa shape index (κ2) is 8.85. The fourth-order valence-electron chi connectivity index (χ4n) is 3.31. The maximum Gasteiger partial charge on any atom is 0.317 e. The van der Waals surface area contributed by atoms with Crippen molar-refractivity contribution in [1.29, 1.82) is 0 Å². The average molecular weight is 348 g/mol. The summed E-state index contributed by atoms with van der Waals surface area (Å²) < 4.78 is 0. The third-order valence-corrected chi connectivity index (χ3v) is 5.14. The minimum absolute atomic E-state index is 0.130. The van der Waals surface area contributed by atoms with Crippen LogP contribution in [0.3, 0.4) is 0 Å². The highest BCUT2D eigenvalue weighted by atomic mass is 16.4. The number of nitrogens with one attached hydrogen (secondary N) is 1. The van der Waals surface area contributed by atoms with Crippen LogP contribution in [0.4, 0.5) is 4.79 Å². The number of hydrogen-bond acceptors (Lipinski definition) is 3. The van der Waals surface area contributed by atoms with Crippen molar-refractivity contribution >= 4 is 12.0 Å². The van der Waals surface area contributed by atoms with E-state index < -0.39 is 11.4 Å². The number of urea groups is 1. The number of aliphatic hydroxyl groups excluding tert-OH is 1. The van der Waals surface area contributed by atoms with E-state index in [0.29, 0.717) is 25.3 Å². The first kappa shape index (κ1) is 19.2. The summed E-state index contributed by atoms with van der Waals surface area (Å²) in [6.07, 6.45) is 2.91. The zero-order chi connectivity index (χ0) is 18.3. The molecule has 0 spiro atoms. The first-order chi connectivity index (χ1) is 12.0. The number of aliphatic carboxylic acids is 1. The molecule has 2 rings (SSSR count). The number of carbonyl (C=O) groups is 2. The van der Waals surface area contributed by atoms with Crippen molar-refractivity contribution in [2.24, 2.45) is 11.3 Å². The van der Waals surface area contributed by atoms with Gasteiger partial charge in [0.2, 0.25) is 0 Å². The van der Waals surface area contributed by atoms with Gasteiger partial charge >= 0.3 is 12.0 Å². The van der Waals surface area contributed by atoms with Crippen LogP contribution >= 0.6 is 0 Å². The van der Waals surface area contributed by atoms with Gasteiger partial charge in [-0.05, 0) is 37.2 Å². The van der Waals surface area contributed by atoms with Crippen LogP contribution in [-0.4, -0.2) is 46.8 Å². The molecule has 0 radical (unpaired) electrons. The van der Waals surface area contributed by atoms with Crippen molar-refractivity contribution in [2.75, 3.05) is 19.7 Å². The molecule has 1 aliphatic rings. The number of amides is 2. The Bertz CT molecular complexity index is 568. The van der Waals surface area contributed by atoms with Crippen LogP contribution in [0.5, 0.6) is 0 Å². The number of benzene rings is 1. The highest BCUT2D eigenvalue weighted by Gasteiger charge is 2.41. The summed E-state index contributed by atoms with van der Waals surface area (Å²) in [6, 6.07) is 9.19. The van der Waals surface area contributed by atoms with Crippen LogP contribution in [0, 0.1) is 11.3 Å². The van der Waals surface area contributed by atoms with E-state index in [1.54, 1.807) is 0 Å². The molecule has 3 N–H and O–H groups in total. The Labute approximate surface area is 148 Å². The molecule has 0 saturated heterocycles. The molecule has 25 heavy (non-hydrogen) atoms. The van der Waals surface area contributed by atoms with E-state index in [0.717, 1.165) is 18.4 Å². The standard InChI is InChI=1S/C19H28N2O4/c1-15-7-9-19(10-8-15,17(23)24)14-20-18(25)21(11-12-22)13-16-5-3-2-4-6-16/h2-6,15,22H,7-14H2,1H3,(H,20,25)(H,23,24). The van der Waals surface area contributed by atoms with Gasteiger partial charge in [0.05, 0.1) is 12.0 Å². The van der Waals surface area contributed by atoms with Crippen molar-refractivity contribution in [1.82, 2.24) is 10.2 Å². The zero-order valence-electron chi connectivity index (χ0n) is 14.8. The predicted molar refractivity (Wildman–Crippen MR) is 95.0 cm³/mol. The van der Waals surface area contributed by atoms with E-state index in [9.17, 15) is 19.8 Å². The molecular formula is C19H28N2O4. The maximum atomic E-state index is 12.5. The highest BCUT2D eigenvalue weighted by molar-refractivity contribution is 5.78. The Hall–Kier alpha value is -2.08. The Morgan fingerprint density at radius 3 is 2.44 bits per heavy atom. The van der Waals surface area contributed by atoms with E-state index >= 15 is 0 Å². The quantitative estimate of drug-likeness (QED) is 0.706. The summed E-state index contributed by atoms with van der Waals surface area (Å²) in [5.41, 5.74) is 0.0883. The van der Waals surface area contributed by atoms with Crippen LogP contribution in [-0.2, 0) is 11.3 Å². The average Bonchev–Trinajstić information content (AvgIpc) is 2.61. The van der Waals surface area contributed by atoms with E-state index in [-0.39, 0.29) is 25.7 Å². The molecule has 0 aromatic heterocycles. The number of rotatable bonds is 7. The molecule has 0 atom stereocenters. The summed E-state index contributed by atoms with van der Waals surface area (Å²) in [5, 5.41) is 21.7. The van der Waals surface area contributed by atoms with Crippen molar-refractivity contribution < 1.29 is 19.8 Å². The lowest BCUT2D eigenvalue weighted by molar-refractivity contribution is -0.151. The van der Waals surface area contributed by atoms with Crippen LogP contribution in [0.1, 0.15) is 38.2 Å². The number of hydrogen-bond donors (Lipinski definition) is 3. The molecule has 1 fully saturated rings. The molecule has 0 heterocycles. The third-order valence-electron chi connectivity index (χ3n) is 5.14. The van der Waals surface area contributed by atoms with Crippen molar-refractivity contribution in [3.8, 4) is 0 Å². The van der Waals surface area contributed by atoms with Crippen LogP contribution < -0.4 is 5.32 Å². The topological polar surface area (TPSA) is 89.9 Å². The summed E-state index contributed by atoms with van der Waals surface area (Å²) in [6.45, 7) is 2.71. The molecule has 6 nitrogen and oxygen atoms in total. The summed E-state index contributed by atoms with van der Waals surface area (Å²) in [5.74, 6) is -0.302. The Morgan fingerprint density at radius 1 is 1.24 bits per heavy atom. The molecule has 1 saturated carbocycles. The first-order valence-electron chi connectivity index (χ1n) is 8.88. The molecule has 1 aromatic rings. The summed E-state index contributed by atoms with van der Waals surface area (Å²) in [7, 11) is 0. The number of carbonyl (C=O) groups excluding carboxylic acids is 1. The van der Waals surface area contributed by atoms with Gasteiger partial charge in [-0.2, -0.15) is 0 Å². The van der Waals surface area contributed by atoms with Crippen LogP contribution in [0.15, 0.2) is 30.3 Å². The second-order valence-corrected chi connectivity index (χ2v) is 7.06. The SMILES string of the molecule is CC1CCC(CNC(=O)N(CCO)Cc2ccccc2)(C(=O)O)CC1. The third kappa shape index (κ3) is 5.19. The molecule has 0 aliphatic heterocycles. The Morgan fingerprint density at radius 2 is 1.88 bits per heavy atom. The lowest BCUT2D eigenvalue weighted by Crippen LogP contribution is -2.49. The molecule has 2 amide bonds. The van der Waals surface area contributed by atoms with Gasteiger partial charge in [0, 0.05) is 19.6 Å². The van der Waals surface area contributed by atoms with Crippen molar-refractivity contribution in [2.45, 2.75) is 39.2 Å². The number of nitrogens with zero attached hydrogens (tertiary/aromatic N) is 1. The van der Waals surface area contributed by atoms with Crippen LogP contribution in [0.25, 0.3) is 0 Å². The minimum atomic E-state index is -0.875. The van der Waals surface area contributed by atoms with E-state index in [2.05, 4.69) is 12.2 Å². The molecule has 1 aromatic carbocycles. The summed E-state index contributed by atoms with van der Waals surface area (Å²) in [4.78, 5) is 25.8. The van der Waals surface area contributed by atoms with Crippen LogP contribution in [0.2, 0.25) is 0 Å². The summed E-state index contributed by atoms with van der Waals surface area (Å²) >= 11 is 0. The fourth-order valence-corrected chi connectivity index (χ4v) is 3.31. The van der Waals surface area contributed by atoms with Gasteiger partial charge in [0.1, 0.15) is 0 Å². The lowest BCUT2D eigenvalue weighted by atomic mass is 9.71. The van der Waals surface area contributed by atoms with E-state index in [1.807, 2.05) is 30.3 Å². The molecule has 1 aliphatic carbocycles. The van der Waals surface area contributed by atoms with Gasteiger partial charge < -0.3 is 20.4 Å². The van der Waals surface area contributed by atoms with Gasteiger partial charge in [0.15, 0.2) is 0 Å². The van der Waals surface area contributed by atoms with E-state index in [1.165, 1.54) is 4.90 Å². The number of carboxylic acids is 1. The fraction of sp³-hybridized carbons (Fsp3) is 0.579. The van der Waals surface area contributed by atoms with Gasteiger partial charge in [-0.15, -0.1) is 0 Å². The number of carboxylic acid groups (broad SMARTS) is 1. The normalized spacial score (nSPS) is 23.0. The van der Waals surface area contributed by atoms with E-state index in [4.69, 9.17) is 0 Å². The molecular weight excluding hydrogens is 320 g/mol. The highest BCUT2D eigenvalue weighted by Crippen LogP contribution is 2.38. The zero-order valence-corrected chi connectivity index (χ0v) is 14.8. The van der Waals surface area contributed by atoms with Crippen molar-refractivity contribution in [3.63, 3.8) is 0 Å². The first-order valence-corrected chi connectivity index (χ1v) is 8.88. The lowest BCUT2D eigenvalue weighted by Gasteiger charge is -2.36. The Balaban J connectivity index is 1.98.